The van der Waals surface area contributed by atoms with Gasteiger partial charge in [-0.05, 0) is 39.2 Å². The second kappa shape index (κ2) is 8.04. The lowest BCUT2D eigenvalue weighted by Crippen LogP contribution is -2.36. The highest BCUT2D eigenvalue weighted by Crippen LogP contribution is 2.32. The number of hydrogen-bond donors (Lipinski definition) is 1. The number of carbonyl (C=O) groups is 1. The fourth-order valence-electron chi connectivity index (χ4n) is 3.15. The van der Waals surface area contributed by atoms with E-state index in [1.54, 1.807) is 16.2 Å². The van der Waals surface area contributed by atoms with E-state index in [0.717, 1.165) is 30.0 Å². The minimum atomic E-state index is 0.0150. The molecule has 6 heteroatoms. The maximum absolute atomic E-state index is 12.6. The predicted molar refractivity (Wildman–Crippen MR) is 88.5 cm³/mol. The standard InChI is InChI=1S/C16H27N3O2S/c1-4-21-11(2)15-18-13(10-22-15)9-19(3)16(20)14-7-5-6-12(14)8-17/h10-12,14H,4-9,17H2,1-3H3/t11?,12-,14-/m1/s1. The molecule has 22 heavy (non-hydrogen) atoms. The monoisotopic (exact) mass is 325 g/mol. The summed E-state index contributed by atoms with van der Waals surface area (Å²) in [6.07, 6.45) is 3.17. The van der Waals surface area contributed by atoms with Crippen LogP contribution < -0.4 is 5.73 Å². The van der Waals surface area contributed by atoms with Crippen molar-refractivity contribution in [2.24, 2.45) is 17.6 Å². The van der Waals surface area contributed by atoms with Gasteiger partial charge >= 0.3 is 0 Å². The minimum Gasteiger partial charge on any atom is -0.372 e. The van der Waals surface area contributed by atoms with Crippen LogP contribution in [-0.2, 0) is 16.1 Å². The van der Waals surface area contributed by atoms with Crippen molar-refractivity contribution in [3.63, 3.8) is 0 Å². The Morgan fingerprint density at radius 1 is 1.59 bits per heavy atom. The second-order valence-electron chi connectivity index (χ2n) is 6.00. The molecule has 1 aromatic rings. The van der Waals surface area contributed by atoms with Gasteiger partial charge < -0.3 is 15.4 Å². The number of rotatable bonds is 7. The van der Waals surface area contributed by atoms with Crippen LogP contribution in [0.2, 0.25) is 0 Å². The first-order valence-electron chi connectivity index (χ1n) is 8.07. The Balaban J connectivity index is 1.94. The molecule has 1 aliphatic carbocycles. The van der Waals surface area contributed by atoms with E-state index in [9.17, 15) is 4.79 Å². The van der Waals surface area contributed by atoms with Crippen LogP contribution in [0.4, 0.5) is 0 Å². The molecule has 0 saturated heterocycles. The Morgan fingerprint density at radius 3 is 3.05 bits per heavy atom. The fraction of sp³-hybridized carbons (Fsp3) is 0.750. The third kappa shape index (κ3) is 4.06. The molecule has 1 aromatic heterocycles. The molecule has 3 atom stereocenters. The molecule has 0 bridgehead atoms. The summed E-state index contributed by atoms with van der Waals surface area (Å²) in [5, 5.41) is 2.99. The molecule has 1 amide bonds. The fourth-order valence-corrected chi connectivity index (χ4v) is 3.96. The number of amides is 1. The third-order valence-electron chi connectivity index (χ3n) is 4.39. The molecule has 0 radical (unpaired) electrons. The van der Waals surface area contributed by atoms with Gasteiger partial charge in [0, 0.05) is 25.0 Å². The summed E-state index contributed by atoms with van der Waals surface area (Å²) in [6.45, 7) is 5.83. The first-order chi connectivity index (χ1) is 10.6. The van der Waals surface area contributed by atoms with E-state index >= 15 is 0 Å². The number of thiazole rings is 1. The topological polar surface area (TPSA) is 68.5 Å². The van der Waals surface area contributed by atoms with Crippen molar-refractivity contribution in [1.29, 1.82) is 0 Å². The molecule has 0 spiro atoms. The third-order valence-corrected chi connectivity index (χ3v) is 5.44. The summed E-state index contributed by atoms with van der Waals surface area (Å²) < 4.78 is 5.56. The van der Waals surface area contributed by atoms with Crippen LogP contribution >= 0.6 is 11.3 Å². The molecular formula is C16H27N3O2S. The molecule has 124 valence electrons. The van der Waals surface area contributed by atoms with Crippen molar-refractivity contribution in [1.82, 2.24) is 9.88 Å². The Morgan fingerprint density at radius 2 is 2.36 bits per heavy atom. The number of aromatic nitrogens is 1. The van der Waals surface area contributed by atoms with E-state index < -0.39 is 0 Å². The summed E-state index contributed by atoms with van der Waals surface area (Å²) in [5.74, 6) is 0.648. The van der Waals surface area contributed by atoms with Gasteiger partial charge in [-0.15, -0.1) is 11.3 Å². The van der Waals surface area contributed by atoms with E-state index in [1.165, 1.54) is 0 Å². The van der Waals surface area contributed by atoms with Crippen molar-refractivity contribution in [2.45, 2.75) is 45.8 Å². The van der Waals surface area contributed by atoms with Crippen molar-refractivity contribution in [2.75, 3.05) is 20.2 Å². The van der Waals surface area contributed by atoms with E-state index in [-0.39, 0.29) is 17.9 Å². The van der Waals surface area contributed by atoms with Gasteiger partial charge in [0.15, 0.2) is 0 Å². The number of carbonyl (C=O) groups excluding carboxylic acids is 1. The van der Waals surface area contributed by atoms with Gasteiger partial charge in [0.05, 0.1) is 12.2 Å². The van der Waals surface area contributed by atoms with Crippen molar-refractivity contribution in [3.8, 4) is 0 Å². The molecule has 2 rings (SSSR count). The average Bonchev–Trinajstić information content (AvgIpc) is 3.15. The number of nitrogens with two attached hydrogens (primary N) is 1. The highest BCUT2D eigenvalue weighted by molar-refractivity contribution is 7.09. The zero-order chi connectivity index (χ0) is 16.1. The molecular weight excluding hydrogens is 298 g/mol. The van der Waals surface area contributed by atoms with Crippen molar-refractivity contribution >= 4 is 17.2 Å². The van der Waals surface area contributed by atoms with Gasteiger partial charge in [-0.2, -0.15) is 0 Å². The second-order valence-corrected chi connectivity index (χ2v) is 6.89. The van der Waals surface area contributed by atoms with Crippen LogP contribution in [0.5, 0.6) is 0 Å². The molecule has 0 aromatic carbocycles. The van der Waals surface area contributed by atoms with Crippen molar-refractivity contribution < 1.29 is 9.53 Å². The molecule has 1 fully saturated rings. The van der Waals surface area contributed by atoms with Crippen molar-refractivity contribution in [3.05, 3.63) is 16.1 Å². The molecule has 5 nitrogen and oxygen atoms in total. The quantitative estimate of drug-likeness (QED) is 0.836. The SMILES string of the molecule is CCOC(C)c1nc(CN(C)C(=O)[C@@H]2CCC[C@@H]2CN)cs1. The summed E-state index contributed by atoms with van der Waals surface area (Å²) in [7, 11) is 1.86. The Bertz CT molecular complexity index is 491. The van der Waals surface area contributed by atoms with E-state index in [0.29, 0.717) is 25.6 Å². The highest BCUT2D eigenvalue weighted by atomic mass is 32.1. The Labute approximate surface area is 136 Å². The van der Waals surface area contributed by atoms with Gasteiger partial charge in [0.1, 0.15) is 11.1 Å². The first-order valence-corrected chi connectivity index (χ1v) is 8.95. The molecule has 2 N–H and O–H groups in total. The van der Waals surface area contributed by atoms with Gasteiger partial charge in [0.2, 0.25) is 5.91 Å². The normalized spacial score (nSPS) is 22.7. The summed E-state index contributed by atoms with van der Waals surface area (Å²) >= 11 is 1.59. The number of hydrogen-bond acceptors (Lipinski definition) is 5. The van der Waals surface area contributed by atoms with Crippen LogP contribution in [0.3, 0.4) is 0 Å². The van der Waals surface area contributed by atoms with Crippen LogP contribution in [0, 0.1) is 11.8 Å². The molecule has 0 aliphatic heterocycles. The van der Waals surface area contributed by atoms with Crippen LogP contribution in [-0.4, -0.2) is 36.0 Å². The van der Waals surface area contributed by atoms with Crippen LogP contribution in [0.1, 0.15) is 49.9 Å². The Kier molecular flexibility index (Phi) is 6.35. The van der Waals surface area contributed by atoms with Gasteiger partial charge in [-0.1, -0.05) is 6.42 Å². The van der Waals surface area contributed by atoms with Crippen LogP contribution in [0.15, 0.2) is 5.38 Å². The van der Waals surface area contributed by atoms with E-state index in [2.05, 4.69) is 4.98 Å². The van der Waals surface area contributed by atoms with Gasteiger partial charge in [-0.25, -0.2) is 4.98 Å². The maximum Gasteiger partial charge on any atom is 0.226 e. The average molecular weight is 325 g/mol. The van der Waals surface area contributed by atoms with Gasteiger partial charge in [-0.3, -0.25) is 4.79 Å². The maximum atomic E-state index is 12.6. The summed E-state index contributed by atoms with van der Waals surface area (Å²) in [6, 6.07) is 0. The molecule has 1 saturated carbocycles. The van der Waals surface area contributed by atoms with Crippen LogP contribution in [0.25, 0.3) is 0 Å². The smallest absolute Gasteiger partial charge is 0.226 e. The van der Waals surface area contributed by atoms with E-state index in [4.69, 9.17) is 10.5 Å². The lowest BCUT2D eigenvalue weighted by atomic mass is 9.95. The molecule has 1 aliphatic rings. The zero-order valence-electron chi connectivity index (χ0n) is 13.7. The molecule has 1 heterocycles. The highest BCUT2D eigenvalue weighted by Gasteiger charge is 2.33. The van der Waals surface area contributed by atoms with E-state index in [1.807, 2.05) is 26.3 Å². The Hall–Kier alpha value is -0.980. The summed E-state index contributed by atoms with van der Waals surface area (Å²) in [5.41, 5.74) is 6.72. The molecule has 1 unspecified atom stereocenters. The number of ether oxygens (including phenoxy) is 1. The number of nitrogens with zero attached hydrogens (tertiary/aromatic N) is 2. The predicted octanol–water partition coefficient (Wildman–Crippen LogP) is 2.57. The lowest BCUT2D eigenvalue weighted by molar-refractivity contribution is -0.135. The largest absolute Gasteiger partial charge is 0.372 e. The van der Waals surface area contributed by atoms with Gasteiger partial charge in [0.25, 0.3) is 0 Å². The lowest BCUT2D eigenvalue weighted by Gasteiger charge is -2.24. The first kappa shape index (κ1) is 17.4. The summed E-state index contributed by atoms with van der Waals surface area (Å²) in [4.78, 5) is 19.0. The minimum absolute atomic E-state index is 0.0150. The zero-order valence-corrected chi connectivity index (χ0v) is 14.6.